The van der Waals surface area contributed by atoms with Gasteiger partial charge < -0.3 is 0 Å². The first-order chi connectivity index (χ1) is 12.3. The topological polar surface area (TPSA) is 8.81 Å². The Morgan fingerprint density at radius 1 is 0.800 bits per heavy atom. The smallest absolute Gasteiger partial charge is 0.234 e. The Morgan fingerprint density at radius 2 is 1.44 bits per heavy atom. The van der Waals surface area contributed by atoms with E-state index >= 15 is 0 Å². The van der Waals surface area contributed by atoms with Gasteiger partial charge in [0.15, 0.2) is 0 Å². The lowest BCUT2D eigenvalue weighted by molar-refractivity contribution is -0.704. The van der Waals surface area contributed by atoms with E-state index in [0.29, 0.717) is 0 Å². The Labute approximate surface area is 154 Å². The zero-order valence-electron chi connectivity index (χ0n) is 16.4. The van der Waals surface area contributed by atoms with Crippen LogP contribution in [-0.4, -0.2) is 4.57 Å². The van der Waals surface area contributed by atoms with E-state index in [1.165, 1.54) is 75.7 Å². The molecule has 0 aliphatic carbocycles. The van der Waals surface area contributed by atoms with E-state index in [2.05, 4.69) is 65.7 Å². The van der Waals surface area contributed by atoms with E-state index in [1.54, 1.807) is 0 Å². The van der Waals surface area contributed by atoms with Gasteiger partial charge in [-0.15, -0.1) is 0 Å². The summed E-state index contributed by atoms with van der Waals surface area (Å²) in [5.74, 6) is 1.45. The SMILES string of the molecule is CCCCCCCCCCC[n+]1ccn(Cc2ccccc2)c1CC. The molecule has 1 heterocycles. The zero-order chi connectivity index (χ0) is 17.7. The second-order valence-corrected chi connectivity index (χ2v) is 7.20. The lowest BCUT2D eigenvalue weighted by Gasteiger charge is -2.04. The lowest BCUT2D eigenvalue weighted by Crippen LogP contribution is -2.37. The molecule has 0 bridgehead atoms. The molecule has 0 amide bonds. The molecule has 1 aromatic heterocycles. The first kappa shape index (κ1) is 19.8. The summed E-state index contributed by atoms with van der Waals surface area (Å²) in [6.07, 6.45) is 18.2. The Balaban J connectivity index is 1.70. The Kier molecular flexibility index (Phi) is 9.40. The third-order valence-corrected chi connectivity index (χ3v) is 5.10. The first-order valence-corrected chi connectivity index (χ1v) is 10.5. The van der Waals surface area contributed by atoms with Crippen molar-refractivity contribution in [1.82, 2.24) is 4.57 Å². The molecule has 0 radical (unpaired) electrons. The maximum atomic E-state index is 2.46. The van der Waals surface area contributed by atoms with Crippen LogP contribution in [0.25, 0.3) is 0 Å². The summed E-state index contributed by atoms with van der Waals surface area (Å²) >= 11 is 0. The zero-order valence-corrected chi connectivity index (χ0v) is 16.4. The van der Waals surface area contributed by atoms with Crippen LogP contribution in [0.15, 0.2) is 42.7 Å². The van der Waals surface area contributed by atoms with E-state index in [4.69, 9.17) is 0 Å². The molecule has 0 atom stereocenters. The largest absolute Gasteiger partial charge is 0.256 e. The van der Waals surface area contributed by atoms with Crippen LogP contribution < -0.4 is 4.57 Å². The Bertz CT molecular complexity index is 571. The number of aryl methyl sites for hydroxylation is 1. The predicted molar refractivity (Wildman–Crippen MR) is 107 cm³/mol. The molecule has 0 unspecified atom stereocenters. The number of nitrogens with zero attached hydrogens (tertiary/aromatic N) is 2. The Hall–Kier alpha value is -1.57. The molecular weight excluding hydrogens is 304 g/mol. The van der Waals surface area contributed by atoms with Gasteiger partial charge in [-0.25, -0.2) is 9.13 Å². The van der Waals surface area contributed by atoms with Crippen molar-refractivity contribution in [2.24, 2.45) is 0 Å². The van der Waals surface area contributed by atoms with E-state index in [-0.39, 0.29) is 0 Å². The molecule has 138 valence electrons. The van der Waals surface area contributed by atoms with Crippen molar-refractivity contribution in [3.8, 4) is 0 Å². The molecule has 0 aliphatic heterocycles. The van der Waals surface area contributed by atoms with E-state index in [0.717, 1.165) is 13.0 Å². The molecule has 0 fully saturated rings. The number of hydrogen-bond acceptors (Lipinski definition) is 0. The van der Waals surface area contributed by atoms with Gasteiger partial charge in [0.1, 0.15) is 18.9 Å². The molecule has 25 heavy (non-hydrogen) atoms. The van der Waals surface area contributed by atoms with Crippen molar-refractivity contribution in [1.29, 1.82) is 0 Å². The van der Waals surface area contributed by atoms with Crippen molar-refractivity contribution in [2.45, 2.75) is 91.1 Å². The summed E-state index contributed by atoms with van der Waals surface area (Å²) in [5.41, 5.74) is 1.38. The van der Waals surface area contributed by atoms with Gasteiger partial charge in [-0.05, 0) is 18.4 Å². The van der Waals surface area contributed by atoms with Gasteiger partial charge in [-0.1, -0.05) is 89.1 Å². The van der Waals surface area contributed by atoms with Gasteiger partial charge in [0.25, 0.3) is 5.82 Å². The molecular formula is C23H37N2+. The number of imidazole rings is 1. The fourth-order valence-corrected chi connectivity index (χ4v) is 3.62. The maximum Gasteiger partial charge on any atom is 0.256 e. The minimum Gasteiger partial charge on any atom is -0.234 e. The number of aromatic nitrogens is 2. The fraction of sp³-hybridized carbons (Fsp3) is 0.609. The quantitative estimate of drug-likeness (QED) is 0.316. The predicted octanol–water partition coefficient (Wildman–Crippen LogP) is 5.92. The number of hydrogen-bond donors (Lipinski definition) is 0. The van der Waals surface area contributed by atoms with Gasteiger partial charge in [-0.3, -0.25) is 0 Å². The van der Waals surface area contributed by atoms with Crippen LogP contribution in [0.5, 0.6) is 0 Å². The van der Waals surface area contributed by atoms with E-state index in [1.807, 2.05) is 0 Å². The summed E-state index contributed by atoms with van der Waals surface area (Å²) < 4.78 is 4.87. The van der Waals surface area contributed by atoms with Gasteiger partial charge in [0, 0.05) is 6.42 Å². The standard InChI is InChI=1S/C23H37N2/c1-3-5-6-7-8-9-10-11-15-18-24-19-20-25(23(24)4-2)21-22-16-13-12-14-17-22/h12-14,16-17,19-20H,3-11,15,18,21H2,1-2H3/q+1. The fourth-order valence-electron chi connectivity index (χ4n) is 3.62. The van der Waals surface area contributed by atoms with Gasteiger partial charge in [0.2, 0.25) is 0 Å². The third-order valence-electron chi connectivity index (χ3n) is 5.10. The molecule has 0 N–H and O–H groups in total. The van der Waals surface area contributed by atoms with Crippen molar-refractivity contribution < 1.29 is 4.57 Å². The number of benzene rings is 1. The van der Waals surface area contributed by atoms with Crippen LogP contribution in [0.3, 0.4) is 0 Å². The van der Waals surface area contributed by atoms with Crippen molar-refractivity contribution >= 4 is 0 Å². The number of unbranched alkanes of at least 4 members (excludes halogenated alkanes) is 8. The summed E-state index contributed by atoms with van der Waals surface area (Å²) in [6.45, 7) is 6.70. The monoisotopic (exact) mass is 341 g/mol. The highest BCUT2D eigenvalue weighted by molar-refractivity contribution is 5.15. The molecule has 2 rings (SSSR count). The molecule has 0 spiro atoms. The average molecular weight is 342 g/mol. The lowest BCUT2D eigenvalue weighted by atomic mass is 10.1. The van der Waals surface area contributed by atoms with E-state index in [9.17, 15) is 0 Å². The first-order valence-electron chi connectivity index (χ1n) is 10.5. The van der Waals surface area contributed by atoms with Crippen molar-refractivity contribution in [2.75, 3.05) is 0 Å². The average Bonchev–Trinajstić information content (AvgIpc) is 3.02. The normalized spacial score (nSPS) is 11.1. The molecule has 0 aliphatic rings. The minimum atomic E-state index is 0.981. The summed E-state index contributed by atoms with van der Waals surface area (Å²) in [7, 11) is 0. The molecule has 2 heteroatoms. The highest BCUT2D eigenvalue weighted by atomic mass is 15.1. The van der Waals surface area contributed by atoms with Crippen molar-refractivity contribution in [3.05, 3.63) is 54.1 Å². The molecule has 0 saturated heterocycles. The van der Waals surface area contributed by atoms with Gasteiger partial charge >= 0.3 is 0 Å². The highest BCUT2D eigenvalue weighted by Gasteiger charge is 2.14. The van der Waals surface area contributed by atoms with Gasteiger partial charge in [-0.2, -0.15) is 0 Å². The maximum absolute atomic E-state index is 2.46. The molecule has 2 aromatic rings. The van der Waals surface area contributed by atoms with Crippen molar-refractivity contribution in [3.63, 3.8) is 0 Å². The molecule has 1 aromatic carbocycles. The van der Waals surface area contributed by atoms with Crippen LogP contribution in [-0.2, 0) is 19.5 Å². The second-order valence-electron chi connectivity index (χ2n) is 7.20. The summed E-state index contributed by atoms with van der Waals surface area (Å²) in [6, 6.07) is 10.8. The Morgan fingerprint density at radius 3 is 2.08 bits per heavy atom. The summed E-state index contributed by atoms with van der Waals surface area (Å²) in [5, 5.41) is 0. The third kappa shape index (κ3) is 7.05. The van der Waals surface area contributed by atoms with Crippen LogP contribution >= 0.6 is 0 Å². The summed E-state index contributed by atoms with van der Waals surface area (Å²) in [4.78, 5) is 0. The van der Waals surface area contributed by atoms with Crippen LogP contribution in [0.2, 0.25) is 0 Å². The van der Waals surface area contributed by atoms with E-state index < -0.39 is 0 Å². The molecule has 0 saturated carbocycles. The van der Waals surface area contributed by atoms with Crippen LogP contribution in [0.1, 0.15) is 83.0 Å². The minimum absolute atomic E-state index is 0.981. The number of rotatable bonds is 13. The van der Waals surface area contributed by atoms with Crippen LogP contribution in [0.4, 0.5) is 0 Å². The van der Waals surface area contributed by atoms with Crippen LogP contribution in [0, 0.1) is 0 Å². The highest BCUT2D eigenvalue weighted by Crippen LogP contribution is 2.10. The molecule has 2 nitrogen and oxygen atoms in total. The van der Waals surface area contributed by atoms with Gasteiger partial charge in [0.05, 0.1) is 6.54 Å². The second kappa shape index (κ2) is 11.9.